The van der Waals surface area contributed by atoms with E-state index in [2.05, 4.69) is 5.32 Å². The lowest BCUT2D eigenvalue weighted by Crippen LogP contribution is -2.24. The molecule has 5 heteroatoms. The molecule has 1 amide bonds. The number of carboxylic acids is 1. The second-order valence-electron chi connectivity index (χ2n) is 5.41. The smallest absolute Gasteiger partial charge is 0.345 e. The van der Waals surface area contributed by atoms with E-state index in [1.807, 2.05) is 0 Å². The van der Waals surface area contributed by atoms with Crippen LogP contribution in [0.1, 0.15) is 59.5 Å². The van der Waals surface area contributed by atoms with E-state index in [1.54, 1.807) is 12.1 Å². The maximum Gasteiger partial charge on any atom is 0.345 e. The van der Waals surface area contributed by atoms with E-state index in [1.165, 1.54) is 37.0 Å². The number of hydrogen-bond donors (Lipinski definition) is 2. The van der Waals surface area contributed by atoms with Crippen molar-refractivity contribution in [3.05, 3.63) is 21.9 Å². The molecule has 4 nitrogen and oxygen atoms in total. The molecule has 0 spiro atoms. The van der Waals surface area contributed by atoms with Gasteiger partial charge < -0.3 is 10.4 Å². The maximum atomic E-state index is 11.9. The van der Waals surface area contributed by atoms with Gasteiger partial charge in [-0.25, -0.2) is 4.79 Å². The fourth-order valence-electron chi connectivity index (χ4n) is 2.68. The van der Waals surface area contributed by atoms with Crippen molar-refractivity contribution in [2.24, 2.45) is 5.92 Å². The third-order valence-electron chi connectivity index (χ3n) is 3.78. The van der Waals surface area contributed by atoms with Crippen LogP contribution in [-0.4, -0.2) is 17.0 Å². The minimum Gasteiger partial charge on any atom is -0.477 e. The minimum atomic E-state index is -0.911. The van der Waals surface area contributed by atoms with Crippen LogP contribution in [0.25, 0.3) is 0 Å². The fraction of sp³-hybridized carbons (Fsp3) is 0.600. The Labute approximate surface area is 123 Å². The average Bonchev–Trinajstić information content (AvgIpc) is 2.75. The van der Waals surface area contributed by atoms with Crippen LogP contribution in [0.5, 0.6) is 0 Å². The molecule has 1 aromatic heterocycles. The number of hydrogen-bond acceptors (Lipinski definition) is 3. The van der Waals surface area contributed by atoms with Gasteiger partial charge in [0.25, 0.3) is 0 Å². The van der Waals surface area contributed by atoms with Gasteiger partial charge in [0.15, 0.2) is 0 Å². The van der Waals surface area contributed by atoms with Crippen LogP contribution in [-0.2, 0) is 11.3 Å². The van der Waals surface area contributed by atoms with Crippen molar-refractivity contribution in [1.82, 2.24) is 5.32 Å². The largest absolute Gasteiger partial charge is 0.477 e. The van der Waals surface area contributed by atoms with Gasteiger partial charge in [-0.2, -0.15) is 0 Å². The van der Waals surface area contributed by atoms with Crippen LogP contribution in [0.3, 0.4) is 0 Å². The summed E-state index contributed by atoms with van der Waals surface area (Å²) >= 11 is 1.22. The standard InChI is InChI=1S/C15H21NO3S/c17-14(9-11-5-3-1-2-4-6-11)16-10-12-7-8-13(20-12)15(18)19/h7-8,11H,1-6,9-10H2,(H,16,17)(H,18,19). The molecule has 0 unspecified atom stereocenters. The summed E-state index contributed by atoms with van der Waals surface area (Å²) in [7, 11) is 0. The first-order chi connectivity index (χ1) is 9.65. The summed E-state index contributed by atoms with van der Waals surface area (Å²) in [5.74, 6) is -0.302. The zero-order valence-corrected chi connectivity index (χ0v) is 12.4. The molecular formula is C15H21NO3S. The Kier molecular flexibility index (Phi) is 5.59. The molecule has 1 aromatic rings. The van der Waals surface area contributed by atoms with Gasteiger partial charge in [0.05, 0.1) is 6.54 Å². The van der Waals surface area contributed by atoms with Crippen LogP contribution in [0, 0.1) is 5.92 Å². The van der Waals surface area contributed by atoms with Crippen molar-refractivity contribution < 1.29 is 14.7 Å². The number of amides is 1. The Hall–Kier alpha value is -1.36. The fourth-order valence-corrected chi connectivity index (χ4v) is 3.46. The molecule has 1 aliphatic rings. The first-order valence-corrected chi connectivity index (χ1v) is 8.05. The van der Waals surface area contributed by atoms with Crippen molar-refractivity contribution in [2.45, 2.75) is 51.5 Å². The summed E-state index contributed by atoms with van der Waals surface area (Å²) in [6.07, 6.45) is 8.01. The highest BCUT2D eigenvalue weighted by molar-refractivity contribution is 7.13. The third kappa shape index (κ3) is 4.63. The molecule has 1 aliphatic carbocycles. The molecule has 1 heterocycles. The van der Waals surface area contributed by atoms with Crippen molar-refractivity contribution in [1.29, 1.82) is 0 Å². The van der Waals surface area contributed by atoms with E-state index in [0.29, 0.717) is 23.8 Å². The Morgan fingerprint density at radius 2 is 1.90 bits per heavy atom. The van der Waals surface area contributed by atoms with E-state index in [0.717, 1.165) is 17.7 Å². The summed E-state index contributed by atoms with van der Waals surface area (Å²) in [5.41, 5.74) is 0. The van der Waals surface area contributed by atoms with Crippen molar-refractivity contribution in [3.8, 4) is 0 Å². The first-order valence-electron chi connectivity index (χ1n) is 7.24. The van der Waals surface area contributed by atoms with E-state index in [-0.39, 0.29) is 5.91 Å². The Morgan fingerprint density at radius 1 is 1.20 bits per heavy atom. The topological polar surface area (TPSA) is 66.4 Å². The lowest BCUT2D eigenvalue weighted by molar-refractivity contribution is -0.122. The molecule has 1 saturated carbocycles. The van der Waals surface area contributed by atoms with Crippen molar-refractivity contribution >= 4 is 23.2 Å². The monoisotopic (exact) mass is 295 g/mol. The van der Waals surface area contributed by atoms with Crippen LogP contribution in [0.4, 0.5) is 0 Å². The maximum absolute atomic E-state index is 11.9. The normalized spacial score (nSPS) is 16.6. The Bertz CT molecular complexity index is 461. The second-order valence-corrected chi connectivity index (χ2v) is 6.58. The van der Waals surface area contributed by atoms with Crippen LogP contribution < -0.4 is 5.32 Å². The number of rotatable bonds is 5. The van der Waals surface area contributed by atoms with Gasteiger partial charge >= 0.3 is 5.97 Å². The highest BCUT2D eigenvalue weighted by Gasteiger charge is 2.16. The SMILES string of the molecule is O=C(CC1CCCCCC1)NCc1ccc(C(=O)O)s1. The Morgan fingerprint density at radius 3 is 2.50 bits per heavy atom. The predicted octanol–water partition coefficient (Wildman–Crippen LogP) is 3.42. The molecule has 0 aliphatic heterocycles. The average molecular weight is 295 g/mol. The summed E-state index contributed by atoms with van der Waals surface area (Å²) in [4.78, 5) is 23.9. The highest BCUT2D eigenvalue weighted by atomic mass is 32.1. The van der Waals surface area contributed by atoms with Gasteiger partial charge in [-0.15, -0.1) is 11.3 Å². The van der Waals surface area contributed by atoms with E-state index >= 15 is 0 Å². The van der Waals surface area contributed by atoms with Gasteiger partial charge in [0, 0.05) is 11.3 Å². The zero-order chi connectivity index (χ0) is 14.4. The summed E-state index contributed by atoms with van der Waals surface area (Å²) in [6, 6.07) is 3.35. The van der Waals surface area contributed by atoms with Gasteiger partial charge in [0.2, 0.25) is 5.91 Å². The number of carboxylic acid groups (broad SMARTS) is 1. The van der Waals surface area contributed by atoms with Gasteiger partial charge in [-0.3, -0.25) is 4.79 Å². The van der Waals surface area contributed by atoms with E-state index in [9.17, 15) is 9.59 Å². The summed E-state index contributed by atoms with van der Waals surface area (Å²) in [5, 5.41) is 11.7. The molecule has 1 fully saturated rings. The van der Waals surface area contributed by atoms with Crippen LogP contribution in [0.2, 0.25) is 0 Å². The molecule has 2 N–H and O–H groups in total. The predicted molar refractivity (Wildman–Crippen MR) is 78.9 cm³/mol. The van der Waals surface area contributed by atoms with E-state index < -0.39 is 5.97 Å². The lowest BCUT2D eigenvalue weighted by Gasteiger charge is -2.13. The number of nitrogens with one attached hydrogen (secondary N) is 1. The third-order valence-corrected chi connectivity index (χ3v) is 4.85. The highest BCUT2D eigenvalue weighted by Crippen LogP contribution is 2.25. The Balaban J connectivity index is 1.74. The number of aromatic carboxylic acids is 1. The number of carbonyl (C=O) groups excluding carboxylic acids is 1. The molecule has 0 saturated heterocycles. The molecule has 110 valence electrons. The van der Waals surface area contributed by atoms with Gasteiger partial charge in [-0.1, -0.05) is 25.7 Å². The number of carbonyl (C=O) groups is 2. The molecule has 2 rings (SSSR count). The second kappa shape index (κ2) is 7.43. The lowest BCUT2D eigenvalue weighted by atomic mass is 9.96. The molecule has 20 heavy (non-hydrogen) atoms. The molecule has 0 bridgehead atoms. The molecule has 0 radical (unpaired) electrons. The van der Waals surface area contributed by atoms with E-state index in [4.69, 9.17) is 5.11 Å². The summed E-state index contributed by atoms with van der Waals surface area (Å²) in [6.45, 7) is 0.434. The van der Waals surface area contributed by atoms with Crippen molar-refractivity contribution in [3.63, 3.8) is 0 Å². The van der Waals surface area contributed by atoms with Gasteiger partial charge in [-0.05, 0) is 30.9 Å². The summed E-state index contributed by atoms with van der Waals surface area (Å²) < 4.78 is 0. The van der Waals surface area contributed by atoms with Crippen LogP contribution in [0.15, 0.2) is 12.1 Å². The zero-order valence-electron chi connectivity index (χ0n) is 11.6. The molecular weight excluding hydrogens is 274 g/mol. The first kappa shape index (κ1) is 15.0. The minimum absolute atomic E-state index is 0.0853. The molecule has 0 aromatic carbocycles. The van der Waals surface area contributed by atoms with Gasteiger partial charge in [0.1, 0.15) is 4.88 Å². The number of thiophene rings is 1. The quantitative estimate of drug-likeness (QED) is 0.818. The van der Waals surface area contributed by atoms with Crippen molar-refractivity contribution in [2.75, 3.05) is 0 Å². The molecule has 0 atom stereocenters. The van der Waals surface area contributed by atoms with Crippen LogP contribution >= 0.6 is 11.3 Å².